The van der Waals surface area contributed by atoms with E-state index in [-0.39, 0.29) is 0 Å². The maximum Gasteiger partial charge on any atom is 0.182 e. The highest BCUT2D eigenvalue weighted by atomic mass is 16.5. The first-order chi connectivity index (χ1) is 12.1. The molecule has 0 aromatic heterocycles. The minimum atomic E-state index is 0.881. The molecule has 0 amide bonds. The van der Waals surface area contributed by atoms with Crippen molar-refractivity contribution in [2.75, 3.05) is 34.0 Å². The average molecular weight is 357 g/mol. The molecular formula is C23H50NO+. The van der Waals surface area contributed by atoms with Crippen LogP contribution >= 0.6 is 0 Å². The molecule has 0 aliphatic rings. The van der Waals surface area contributed by atoms with Crippen molar-refractivity contribution in [2.45, 2.75) is 117 Å². The van der Waals surface area contributed by atoms with E-state index in [0.717, 1.165) is 17.8 Å². The number of rotatable bonds is 20. The number of nitrogens with zero attached hydrogens (tertiary/aromatic N) is 1. The molecule has 0 saturated heterocycles. The van der Waals surface area contributed by atoms with Gasteiger partial charge in [-0.15, -0.1) is 0 Å². The normalized spacial score (nSPS) is 12.0. The van der Waals surface area contributed by atoms with Gasteiger partial charge in [-0.3, -0.25) is 0 Å². The third-order valence-electron chi connectivity index (χ3n) is 5.20. The number of hydrogen-bond acceptors (Lipinski definition) is 1. The molecule has 0 N–H and O–H groups in total. The predicted octanol–water partition coefficient (Wildman–Crippen LogP) is 7.32. The summed E-state index contributed by atoms with van der Waals surface area (Å²) in [6.45, 7) is 7.66. The van der Waals surface area contributed by atoms with E-state index in [1.54, 1.807) is 0 Å². The Labute approximate surface area is 160 Å². The molecule has 0 aromatic carbocycles. The minimum absolute atomic E-state index is 0.881. The van der Waals surface area contributed by atoms with Crippen LogP contribution in [0.4, 0.5) is 0 Å². The predicted molar refractivity (Wildman–Crippen MR) is 113 cm³/mol. The average Bonchev–Trinajstić information content (AvgIpc) is 2.59. The van der Waals surface area contributed by atoms with Gasteiger partial charge in [-0.05, 0) is 19.3 Å². The lowest BCUT2D eigenvalue weighted by Crippen LogP contribution is -2.42. The second-order valence-corrected chi connectivity index (χ2v) is 8.65. The lowest BCUT2D eigenvalue weighted by atomic mass is 10.1. The molecule has 0 rings (SSSR count). The Kier molecular flexibility index (Phi) is 18.6. The fraction of sp³-hybridized carbons (Fsp3) is 1.00. The van der Waals surface area contributed by atoms with Gasteiger partial charge in [0, 0.05) is 0 Å². The maximum atomic E-state index is 5.92. The van der Waals surface area contributed by atoms with Gasteiger partial charge in [0.2, 0.25) is 0 Å². The molecule has 0 fully saturated rings. The summed E-state index contributed by atoms with van der Waals surface area (Å²) in [5.41, 5.74) is 0. The molecule has 0 heterocycles. The molecule has 0 unspecified atom stereocenters. The highest BCUT2D eigenvalue weighted by molar-refractivity contribution is 4.47. The highest BCUT2D eigenvalue weighted by Gasteiger charge is 2.14. The second kappa shape index (κ2) is 18.7. The Bertz CT molecular complexity index is 252. The van der Waals surface area contributed by atoms with Gasteiger partial charge < -0.3 is 9.22 Å². The molecular weight excluding hydrogens is 306 g/mol. The third-order valence-corrected chi connectivity index (χ3v) is 5.20. The third kappa shape index (κ3) is 20.1. The molecule has 25 heavy (non-hydrogen) atoms. The van der Waals surface area contributed by atoms with Crippen LogP contribution in [0.2, 0.25) is 0 Å². The van der Waals surface area contributed by atoms with Crippen molar-refractivity contribution in [3.05, 3.63) is 0 Å². The Morgan fingerprint density at radius 2 is 0.920 bits per heavy atom. The summed E-state index contributed by atoms with van der Waals surface area (Å²) in [7, 11) is 4.63. The molecule has 0 saturated carbocycles. The van der Waals surface area contributed by atoms with Gasteiger partial charge in [0.1, 0.15) is 0 Å². The first-order valence-corrected chi connectivity index (χ1v) is 11.5. The quantitative estimate of drug-likeness (QED) is 0.126. The maximum absolute atomic E-state index is 5.92. The van der Waals surface area contributed by atoms with Crippen molar-refractivity contribution >= 4 is 0 Å². The lowest BCUT2D eigenvalue weighted by molar-refractivity contribution is -0.909. The summed E-state index contributed by atoms with van der Waals surface area (Å²) in [5.74, 6) is 0. The largest absolute Gasteiger partial charge is 0.332 e. The molecule has 2 heteroatoms. The van der Waals surface area contributed by atoms with Gasteiger partial charge in [-0.1, -0.05) is 97.3 Å². The van der Waals surface area contributed by atoms with Crippen LogP contribution in [-0.4, -0.2) is 38.5 Å². The topological polar surface area (TPSA) is 9.23 Å². The number of ether oxygens (including phenoxy) is 1. The van der Waals surface area contributed by atoms with Crippen molar-refractivity contribution in [1.82, 2.24) is 0 Å². The van der Waals surface area contributed by atoms with Crippen LogP contribution in [0.15, 0.2) is 0 Å². The van der Waals surface area contributed by atoms with E-state index in [0.29, 0.717) is 0 Å². The van der Waals surface area contributed by atoms with Crippen LogP contribution in [0.3, 0.4) is 0 Å². The minimum Gasteiger partial charge on any atom is -0.332 e. The number of unbranched alkanes of at least 4 members (excludes halogenated alkanes) is 14. The number of hydrogen-bond donors (Lipinski definition) is 0. The van der Waals surface area contributed by atoms with E-state index in [1.807, 2.05) is 0 Å². The van der Waals surface area contributed by atoms with Gasteiger partial charge in [0.25, 0.3) is 0 Å². The van der Waals surface area contributed by atoms with E-state index in [1.165, 1.54) is 109 Å². The van der Waals surface area contributed by atoms with Crippen LogP contribution in [0.5, 0.6) is 0 Å². The van der Waals surface area contributed by atoms with Gasteiger partial charge in [0.15, 0.2) is 6.73 Å². The first-order valence-electron chi connectivity index (χ1n) is 11.5. The summed E-state index contributed by atoms with van der Waals surface area (Å²) in [5, 5.41) is 0. The van der Waals surface area contributed by atoms with Gasteiger partial charge in [-0.2, -0.15) is 0 Å². The van der Waals surface area contributed by atoms with E-state index in [4.69, 9.17) is 4.74 Å². The van der Waals surface area contributed by atoms with Crippen LogP contribution in [0, 0.1) is 0 Å². The standard InChI is InChI=1S/C23H50NO/c1-5-7-9-11-13-14-15-16-17-19-21-24(3,4)23-25-22-20-18-12-10-8-6-2/h5-23H2,1-4H3/q+1. The zero-order valence-corrected chi connectivity index (χ0v) is 18.3. The van der Waals surface area contributed by atoms with E-state index in [2.05, 4.69) is 27.9 Å². The van der Waals surface area contributed by atoms with Gasteiger partial charge >= 0.3 is 0 Å². The van der Waals surface area contributed by atoms with E-state index in [9.17, 15) is 0 Å². The fourth-order valence-electron chi connectivity index (χ4n) is 3.39. The molecule has 0 radical (unpaired) electrons. The van der Waals surface area contributed by atoms with Crippen molar-refractivity contribution in [1.29, 1.82) is 0 Å². The summed E-state index contributed by atoms with van der Waals surface area (Å²) in [6.07, 6.45) is 22.3. The van der Waals surface area contributed by atoms with Crippen molar-refractivity contribution in [3.63, 3.8) is 0 Å². The summed E-state index contributed by atoms with van der Waals surface area (Å²) < 4.78 is 6.94. The Balaban J connectivity index is 3.32. The summed E-state index contributed by atoms with van der Waals surface area (Å²) in [4.78, 5) is 0. The fourth-order valence-corrected chi connectivity index (χ4v) is 3.39. The van der Waals surface area contributed by atoms with Crippen LogP contribution in [0.1, 0.15) is 117 Å². The van der Waals surface area contributed by atoms with Crippen LogP contribution in [-0.2, 0) is 4.74 Å². The van der Waals surface area contributed by atoms with Crippen molar-refractivity contribution in [2.24, 2.45) is 0 Å². The number of quaternary nitrogens is 1. The monoisotopic (exact) mass is 356 g/mol. The Morgan fingerprint density at radius 1 is 0.520 bits per heavy atom. The van der Waals surface area contributed by atoms with Crippen molar-refractivity contribution in [3.8, 4) is 0 Å². The molecule has 0 spiro atoms. The molecule has 0 bridgehead atoms. The molecule has 0 aliphatic heterocycles. The zero-order valence-electron chi connectivity index (χ0n) is 18.3. The van der Waals surface area contributed by atoms with Gasteiger partial charge in [0.05, 0.1) is 27.2 Å². The first kappa shape index (κ1) is 24.9. The molecule has 152 valence electrons. The van der Waals surface area contributed by atoms with E-state index < -0.39 is 0 Å². The van der Waals surface area contributed by atoms with Crippen LogP contribution in [0.25, 0.3) is 0 Å². The molecule has 0 aromatic rings. The van der Waals surface area contributed by atoms with Crippen molar-refractivity contribution < 1.29 is 9.22 Å². The SMILES string of the molecule is CCCCCCCCCCCC[N+](C)(C)COCCCCCCCC. The molecule has 0 aliphatic carbocycles. The Hall–Kier alpha value is -0.0800. The molecule has 0 atom stereocenters. The zero-order chi connectivity index (χ0) is 18.6. The lowest BCUT2D eigenvalue weighted by Gasteiger charge is -2.29. The van der Waals surface area contributed by atoms with Crippen LogP contribution < -0.4 is 0 Å². The summed E-state index contributed by atoms with van der Waals surface area (Å²) in [6, 6.07) is 0. The summed E-state index contributed by atoms with van der Waals surface area (Å²) >= 11 is 0. The Morgan fingerprint density at radius 3 is 1.40 bits per heavy atom. The molecule has 2 nitrogen and oxygen atoms in total. The smallest absolute Gasteiger partial charge is 0.182 e. The second-order valence-electron chi connectivity index (χ2n) is 8.65. The van der Waals surface area contributed by atoms with Gasteiger partial charge in [-0.25, -0.2) is 0 Å². The van der Waals surface area contributed by atoms with E-state index >= 15 is 0 Å². The highest BCUT2D eigenvalue weighted by Crippen LogP contribution is 2.12.